The minimum Gasteiger partial charge on any atom is -0.383 e. The topological polar surface area (TPSA) is 24.5 Å². The van der Waals surface area contributed by atoms with Crippen LogP contribution in [0.25, 0.3) is 0 Å². The van der Waals surface area contributed by atoms with Crippen LogP contribution in [0.15, 0.2) is 0 Å². The summed E-state index contributed by atoms with van der Waals surface area (Å²) in [4.78, 5) is 2.34. The van der Waals surface area contributed by atoms with Crippen LogP contribution in [0.4, 0.5) is 0 Å². The Labute approximate surface area is 87.8 Å². The summed E-state index contributed by atoms with van der Waals surface area (Å²) in [6.07, 6.45) is 3.91. The van der Waals surface area contributed by atoms with Crippen molar-refractivity contribution in [1.29, 1.82) is 0 Å². The third-order valence-corrected chi connectivity index (χ3v) is 3.07. The number of hydrogen-bond donors (Lipinski definition) is 1. The molecule has 1 aliphatic carbocycles. The summed E-state index contributed by atoms with van der Waals surface area (Å²) in [7, 11) is 6.10. The number of ether oxygens (including phenoxy) is 1. The quantitative estimate of drug-likeness (QED) is 0.719. The highest BCUT2D eigenvalue weighted by atomic mass is 16.5. The van der Waals surface area contributed by atoms with Crippen LogP contribution in [-0.2, 0) is 4.74 Å². The zero-order chi connectivity index (χ0) is 10.6. The Balaban J connectivity index is 2.21. The van der Waals surface area contributed by atoms with Gasteiger partial charge >= 0.3 is 0 Å². The van der Waals surface area contributed by atoms with Gasteiger partial charge in [0.05, 0.1) is 6.61 Å². The first-order valence-corrected chi connectivity index (χ1v) is 5.55. The summed E-state index contributed by atoms with van der Waals surface area (Å²) < 4.78 is 5.12. The Morgan fingerprint density at radius 2 is 2.14 bits per heavy atom. The maximum atomic E-state index is 5.12. The molecule has 0 heterocycles. The molecule has 0 aromatic carbocycles. The lowest BCUT2D eigenvalue weighted by Gasteiger charge is -2.21. The molecule has 1 aliphatic rings. The van der Waals surface area contributed by atoms with Crippen molar-refractivity contribution in [3.05, 3.63) is 0 Å². The van der Waals surface area contributed by atoms with Gasteiger partial charge in [-0.25, -0.2) is 0 Å². The van der Waals surface area contributed by atoms with Gasteiger partial charge in [0.1, 0.15) is 0 Å². The molecule has 14 heavy (non-hydrogen) atoms. The van der Waals surface area contributed by atoms with E-state index in [9.17, 15) is 0 Å². The van der Waals surface area contributed by atoms with E-state index in [1.54, 1.807) is 7.11 Å². The second-order valence-corrected chi connectivity index (χ2v) is 4.65. The van der Waals surface area contributed by atoms with Crippen LogP contribution in [0.1, 0.15) is 26.2 Å². The zero-order valence-electron chi connectivity index (χ0n) is 9.92. The van der Waals surface area contributed by atoms with Gasteiger partial charge in [0, 0.05) is 25.2 Å². The summed E-state index contributed by atoms with van der Waals surface area (Å²) in [5.41, 5.74) is 0. The molecule has 3 atom stereocenters. The van der Waals surface area contributed by atoms with E-state index in [2.05, 4.69) is 31.2 Å². The lowest BCUT2D eigenvalue weighted by atomic mass is 10.2. The molecule has 0 amide bonds. The first kappa shape index (κ1) is 12.0. The number of rotatable bonds is 5. The molecule has 0 saturated heterocycles. The van der Waals surface area contributed by atoms with Gasteiger partial charge in [0.2, 0.25) is 0 Å². The van der Waals surface area contributed by atoms with Crippen molar-refractivity contribution in [3.8, 4) is 0 Å². The minimum absolute atomic E-state index is 0.478. The highest BCUT2D eigenvalue weighted by Gasteiger charge is 2.26. The molecule has 3 nitrogen and oxygen atoms in total. The predicted molar refractivity (Wildman–Crippen MR) is 59.6 cm³/mol. The van der Waals surface area contributed by atoms with Crippen molar-refractivity contribution >= 4 is 0 Å². The molecule has 3 heteroatoms. The zero-order valence-corrected chi connectivity index (χ0v) is 9.92. The Bertz CT molecular complexity index is 161. The van der Waals surface area contributed by atoms with Crippen LogP contribution in [0.5, 0.6) is 0 Å². The molecule has 0 aromatic rings. The second kappa shape index (κ2) is 5.69. The fourth-order valence-corrected chi connectivity index (χ4v) is 2.28. The summed E-state index contributed by atoms with van der Waals surface area (Å²) >= 11 is 0. The number of nitrogens with one attached hydrogen (secondary N) is 1. The van der Waals surface area contributed by atoms with E-state index in [4.69, 9.17) is 4.74 Å². The van der Waals surface area contributed by atoms with Gasteiger partial charge in [-0.2, -0.15) is 0 Å². The lowest BCUT2D eigenvalue weighted by Crippen LogP contribution is -2.38. The molecule has 1 saturated carbocycles. The molecule has 0 aromatic heterocycles. The van der Waals surface area contributed by atoms with Gasteiger partial charge in [0.25, 0.3) is 0 Å². The van der Waals surface area contributed by atoms with Gasteiger partial charge in [-0.05, 0) is 40.3 Å². The van der Waals surface area contributed by atoms with E-state index in [0.29, 0.717) is 12.1 Å². The molecule has 0 radical (unpaired) electrons. The highest BCUT2D eigenvalue weighted by molar-refractivity contribution is 4.86. The van der Waals surface area contributed by atoms with Crippen LogP contribution in [0.2, 0.25) is 0 Å². The van der Waals surface area contributed by atoms with Gasteiger partial charge in [-0.1, -0.05) is 0 Å². The monoisotopic (exact) mass is 200 g/mol. The van der Waals surface area contributed by atoms with E-state index >= 15 is 0 Å². The van der Waals surface area contributed by atoms with Crippen LogP contribution in [-0.4, -0.2) is 50.8 Å². The first-order chi connectivity index (χ1) is 6.63. The molecular formula is C11H24N2O. The van der Waals surface area contributed by atoms with Crippen LogP contribution in [0.3, 0.4) is 0 Å². The van der Waals surface area contributed by atoms with E-state index < -0.39 is 0 Å². The normalized spacial score (nSPS) is 29.8. The standard InChI is InChI=1S/C11H24N2O/c1-9(8-14-4)12-10-5-6-11(7-10)13(2)3/h9-12H,5-8H2,1-4H3. The number of methoxy groups -OCH3 is 1. The fraction of sp³-hybridized carbons (Fsp3) is 1.00. The molecule has 0 bridgehead atoms. The fourth-order valence-electron chi connectivity index (χ4n) is 2.28. The van der Waals surface area contributed by atoms with Crippen LogP contribution < -0.4 is 5.32 Å². The van der Waals surface area contributed by atoms with Crippen molar-refractivity contribution in [2.24, 2.45) is 0 Å². The van der Waals surface area contributed by atoms with Crippen molar-refractivity contribution in [2.75, 3.05) is 27.8 Å². The molecule has 84 valence electrons. The molecule has 3 unspecified atom stereocenters. The molecule has 1 rings (SSSR count). The van der Waals surface area contributed by atoms with Crippen molar-refractivity contribution in [3.63, 3.8) is 0 Å². The van der Waals surface area contributed by atoms with Gasteiger partial charge in [0.15, 0.2) is 0 Å². The lowest BCUT2D eigenvalue weighted by molar-refractivity contribution is 0.166. The average molecular weight is 200 g/mol. The second-order valence-electron chi connectivity index (χ2n) is 4.65. The van der Waals surface area contributed by atoms with Crippen LogP contribution in [0, 0.1) is 0 Å². The Morgan fingerprint density at radius 1 is 1.43 bits per heavy atom. The average Bonchev–Trinajstić information content (AvgIpc) is 2.53. The van der Waals surface area contributed by atoms with Gasteiger partial charge in [-0.3, -0.25) is 0 Å². The van der Waals surface area contributed by atoms with Crippen molar-refractivity contribution in [1.82, 2.24) is 10.2 Å². The Hall–Kier alpha value is -0.120. The highest BCUT2D eigenvalue weighted by Crippen LogP contribution is 2.22. The Kier molecular flexibility index (Phi) is 4.85. The van der Waals surface area contributed by atoms with Crippen LogP contribution >= 0.6 is 0 Å². The van der Waals surface area contributed by atoms with Crippen molar-refractivity contribution in [2.45, 2.75) is 44.3 Å². The number of nitrogens with zero attached hydrogens (tertiary/aromatic N) is 1. The molecule has 0 aliphatic heterocycles. The molecule has 1 N–H and O–H groups in total. The maximum absolute atomic E-state index is 5.12. The number of hydrogen-bond acceptors (Lipinski definition) is 3. The van der Waals surface area contributed by atoms with Gasteiger partial charge in [-0.15, -0.1) is 0 Å². The summed E-state index contributed by atoms with van der Waals surface area (Å²) in [6, 6.07) is 1.93. The SMILES string of the molecule is COCC(C)NC1CCC(N(C)C)C1. The van der Waals surface area contributed by atoms with E-state index in [-0.39, 0.29) is 0 Å². The maximum Gasteiger partial charge on any atom is 0.0613 e. The van der Waals surface area contributed by atoms with E-state index in [1.807, 2.05) is 0 Å². The largest absolute Gasteiger partial charge is 0.383 e. The van der Waals surface area contributed by atoms with Gasteiger partial charge < -0.3 is 15.0 Å². The molecule has 1 fully saturated rings. The van der Waals surface area contributed by atoms with E-state index in [0.717, 1.165) is 12.6 Å². The first-order valence-electron chi connectivity index (χ1n) is 5.55. The summed E-state index contributed by atoms with van der Waals surface area (Å²) in [5.74, 6) is 0. The minimum atomic E-state index is 0.478. The Morgan fingerprint density at radius 3 is 2.64 bits per heavy atom. The summed E-state index contributed by atoms with van der Waals surface area (Å²) in [6.45, 7) is 3.00. The third-order valence-electron chi connectivity index (χ3n) is 3.07. The molecular weight excluding hydrogens is 176 g/mol. The van der Waals surface area contributed by atoms with E-state index in [1.165, 1.54) is 19.3 Å². The van der Waals surface area contributed by atoms with Crippen molar-refractivity contribution < 1.29 is 4.74 Å². The smallest absolute Gasteiger partial charge is 0.0613 e. The third kappa shape index (κ3) is 3.56. The predicted octanol–water partition coefficient (Wildman–Crippen LogP) is 1.09. The molecule has 0 spiro atoms. The summed E-state index contributed by atoms with van der Waals surface area (Å²) in [5, 5.41) is 3.61.